The minimum atomic E-state index is -0.990. The van der Waals surface area contributed by atoms with Crippen molar-refractivity contribution in [1.29, 1.82) is 0 Å². The molecular weight excluding hydrogens is 287 g/mol. The second kappa shape index (κ2) is 5.76. The Bertz CT molecular complexity index is 552. The predicted molar refractivity (Wildman–Crippen MR) is 72.4 cm³/mol. The van der Waals surface area contributed by atoms with Gasteiger partial charge in [0.1, 0.15) is 5.82 Å². The number of carboxylic acids is 1. The molecule has 1 aromatic rings. The molecule has 1 unspecified atom stereocenters. The molecule has 1 amide bonds. The van der Waals surface area contributed by atoms with Gasteiger partial charge < -0.3 is 10.0 Å². The summed E-state index contributed by atoms with van der Waals surface area (Å²) in [4.78, 5) is 25.9. The molecule has 1 fully saturated rings. The lowest BCUT2D eigenvalue weighted by Gasteiger charge is -2.22. The van der Waals surface area contributed by atoms with Crippen LogP contribution in [0.3, 0.4) is 0 Å². The molecule has 0 aromatic heterocycles. The monoisotopic (exact) mass is 300 g/mol. The molecule has 1 aromatic carbocycles. The molecular formula is C13H14ClFN2O3. The van der Waals surface area contributed by atoms with Crippen LogP contribution < -0.4 is 4.90 Å². The number of anilines is 1. The third kappa shape index (κ3) is 2.91. The number of halogens is 2. The fourth-order valence-electron chi connectivity index (χ4n) is 2.31. The summed E-state index contributed by atoms with van der Waals surface area (Å²) in [6.07, 6.45) is 0.507. The molecule has 1 atom stereocenters. The summed E-state index contributed by atoms with van der Waals surface area (Å²) in [5.74, 6) is -1.80. The van der Waals surface area contributed by atoms with E-state index in [2.05, 4.69) is 0 Å². The number of likely N-dealkylation sites (N-methyl/N-ethyl adjacent to an activating group) is 1. The Balaban J connectivity index is 2.14. The van der Waals surface area contributed by atoms with Gasteiger partial charge in [0.15, 0.2) is 0 Å². The molecule has 108 valence electrons. The van der Waals surface area contributed by atoms with Crippen LogP contribution in [0.25, 0.3) is 0 Å². The van der Waals surface area contributed by atoms with Crippen LogP contribution in [0.2, 0.25) is 5.02 Å². The molecule has 0 radical (unpaired) electrons. The average molecular weight is 301 g/mol. The Morgan fingerprint density at radius 2 is 2.30 bits per heavy atom. The summed E-state index contributed by atoms with van der Waals surface area (Å²) in [6, 6.07) is 3.68. The lowest BCUT2D eigenvalue weighted by molar-refractivity contribution is -0.138. The molecule has 0 bridgehead atoms. The van der Waals surface area contributed by atoms with Crippen LogP contribution in [0.1, 0.15) is 6.42 Å². The second-order valence-corrected chi connectivity index (χ2v) is 5.11. The molecule has 0 spiro atoms. The Kier molecular flexibility index (Phi) is 4.25. The highest BCUT2D eigenvalue weighted by Gasteiger charge is 2.35. The maximum atomic E-state index is 13.4. The number of aliphatic carboxylic acids is 1. The standard InChI is InChI=1S/C13H14ClFN2O3/c1-16(7-12(18)19)11-4-5-17(13(11)20)8-2-3-9(14)10(15)6-8/h2-3,6,11H,4-5,7H2,1H3,(H,18,19). The van der Waals surface area contributed by atoms with E-state index in [1.165, 1.54) is 21.9 Å². The van der Waals surface area contributed by atoms with E-state index in [4.69, 9.17) is 16.7 Å². The molecule has 0 saturated carbocycles. The van der Waals surface area contributed by atoms with Crippen LogP contribution in [-0.2, 0) is 9.59 Å². The molecule has 1 aliphatic heterocycles. The third-order valence-electron chi connectivity index (χ3n) is 3.31. The number of carbonyl (C=O) groups excluding carboxylic acids is 1. The number of carbonyl (C=O) groups is 2. The number of hydrogen-bond acceptors (Lipinski definition) is 3. The van der Waals surface area contributed by atoms with Crippen LogP contribution in [0, 0.1) is 5.82 Å². The number of hydrogen-bond donors (Lipinski definition) is 1. The van der Waals surface area contributed by atoms with E-state index < -0.39 is 17.8 Å². The van der Waals surface area contributed by atoms with Gasteiger partial charge in [-0.2, -0.15) is 0 Å². The van der Waals surface area contributed by atoms with Crippen molar-refractivity contribution >= 4 is 29.2 Å². The highest BCUT2D eigenvalue weighted by molar-refractivity contribution is 6.30. The minimum Gasteiger partial charge on any atom is -0.480 e. The zero-order valence-electron chi connectivity index (χ0n) is 10.8. The van der Waals surface area contributed by atoms with Gasteiger partial charge in [-0.3, -0.25) is 14.5 Å². The molecule has 1 saturated heterocycles. The van der Waals surface area contributed by atoms with Crippen LogP contribution in [0.4, 0.5) is 10.1 Å². The highest BCUT2D eigenvalue weighted by Crippen LogP contribution is 2.27. The maximum Gasteiger partial charge on any atom is 0.317 e. The molecule has 7 heteroatoms. The number of rotatable bonds is 4. The zero-order chi connectivity index (χ0) is 14.9. The molecule has 1 heterocycles. The van der Waals surface area contributed by atoms with E-state index in [1.54, 1.807) is 13.1 Å². The van der Waals surface area contributed by atoms with Gasteiger partial charge in [-0.15, -0.1) is 0 Å². The lowest BCUT2D eigenvalue weighted by Crippen LogP contribution is -2.42. The molecule has 20 heavy (non-hydrogen) atoms. The van der Waals surface area contributed by atoms with Gasteiger partial charge in [0.05, 0.1) is 17.6 Å². The van der Waals surface area contributed by atoms with Crippen molar-refractivity contribution in [2.45, 2.75) is 12.5 Å². The Morgan fingerprint density at radius 1 is 1.60 bits per heavy atom. The Hall–Kier alpha value is -1.66. The second-order valence-electron chi connectivity index (χ2n) is 4.70. The van der Waals surface area contributed by atoms with E-state index in [9.17, 15) is 14.0 Å². The van der Waals surface area contributed by atoms with Crippen molar-refractivity contribution in [3.8, 4) is 0 Å². The van der Waals surface area contributed by atoms with Gasteiger partial charge in [0.2, 0.25) is 5.91 Å². The summed E-state index contributed by atoms with van der Waals surface area (Å²) in [5, 5.41) is 8.75. The molecule has 2 rings (SSSR count). The van der Waals surface area contributed by atoms with Gasteiger partial charge in [0.25, 0.3) is 0 Å². The number of nitrogens with zero attached hydrogens (tertiary/aromatic N) is 2. The van der Waals surface area contributed by atoms with Crippen molar-refractivity contribution in [3.63, 3.8) is 0 Å². The van der Waals surface area contributed by atoms with Gasteiger partial charge in [-0.05, 0) is 31.7 Å². The van der Waals surface area contributed by atoms with E-state index in [0.29, 0.717) is 18.7 Å². The smallest absolute Gasteiger partial charge is 0.317 e. The molecule has 1 aliphatic rings. The summed E-state index contributed by atoms with van der Waals surface area (Å²) < 4.78 is 13.4. The SMILES string of the molecule is CN(CC(=O)O)C1CCN(c2ccc(Cl)c(F)c2)C1=O. The minimum absolute atomic E-state index is 0.0000545. The van der Waals surface area contributed by atoms with Crippen LogP contribution in [0.5, 0.6) is 0 Å². The highest BCUT2D eigenvalue weighted by atomic mass is 35.5. The summed E-state index contributed by atoms with van der Waals surface area (Å²) in [6.45, 7) is 0.216. The van der Waals surface area contributed by atoms with Crippen LogP contribution in [-0.4, -0.2) is 48.1 Å². The van der Waals surface area contributed by atoms with Crippen molar-refractivity contribution in [3.05, 3.63) is 29.0 Å². The van der Waals surface area contributed by atoms with Gasteiger partial charge in [-0.1, -0.05) is 11.6 Å². The first-order valence-electron chi connectivity index (χ1n) is 6.08. The van der Waals surface area contributed by atoms with Crippen LogP contribution >= 0.6 is 11.6 Å². The first kappa shape index (κ1) is 14.7. The zero-order valence-corrected chi connectivity index (χ0v) is 11.6. The number of benzene rings is 1. The van der Waals surface area contributed by atoms with E-state index in [-0.39, 0.29) is 17.5 Å². The topological polar surface area (TPSA) is 60.9 Å². The fraction of sp³-hybridized carbons (Fsp3) is 0.385. The number of carboxylic acid groups (broad SMARTS) is 1. The number of amides is 1. The first-order chi connectivity index (χ1) is 9.40. The Morgan fingerprint density at radius 3 is 2.90 bits per heavy atom. The predicted octanol–water partition coefficient (Wildman–Crippen LogP) is 1.60. The summed E-state index contributed by atoms with van der Waals surface area (Å²) >= 11 is 5.61. The third-order valence-corrected chi connectivity index (χ3v) is 3.62. The summed E-state index contributed by atoms with van der Waals surface area (Å²) in [7, 11) is 1.59. The Labute approximate surface area is 120 Å². The van der Waals surface area contributed by atoms with Gasteiger partial charge in [-0.25, -0.2) is 4.39 Å². The van der Waals surface area contributed by atoms with Gasteiger partial charge in [0, 0.05) is 12.2 Å². The summed E-state index contributed by atoms with van der Waals surface area (Å²) in [5.41, 5.74) is 0.433. The van der Waals surface area contributed by atoms with Crippen molar-refractivity contribution in [2.75, 3.05) is 25.0 Å². The fourth-order valence-corrected chi connectivity index (χ4v) is 2.42. The quantitative estimate of drug-likeness (QED) is 0.917. The molecule has 1 N–H and O–H groups in total. The van der Waals surface area contributed by atoms with E-state index in [0.717, 1.165) is 0 Å². The lowest BCUT2D eigenvalue weighted by atomic mass is 10.2. The van der Waals surface area contributed by atoms with E-state index >= 15 is 0 Å². The van der Waals surface area contributed by atoms with Crippen molar-refractivity contribution in [2.24, 2.45) is 0 Å². The average Bonchev–Trinajstić information content (AvgIpc) is 2.74. The normalized spacial score (nSPS) is 18.9. The molecule has 5 nitrogen and oxygen atoms in total. The maximum absolute atomic E-state index is 13.4. The van der Waals surface area contributed by atoms with E-state index in [1.807, 2.05) is 0 Å². The van der Waals surface area contributed by atoms with Gasteiger partial charge >= 0.3 is 5.97 Å². The first-order valence-corrected chi connectivity index (χ1v) is 6.46. The van der Waals surface area contributed by atoms with Crippen molar-refractivity contribution < 1.29 is 19.1 Å². The van der Waals surface area contributed by atoms with Crippen molar-refractivity contribution in [1.82, 2.24) is 4.90 Å². The molecule has 0 aliphatic carbocycles. The van der Waals surface area contributed by atoms with Crippen LogP contribution in [0.15, 0.2) is 18.2 Å². The largest absolute Gasteiger partial charge is 0.480 e.